The Balaban J connectivity index is 0.000000621. The Morgan fingerprint density at radius 2 is 1.60 bits per heavy atom. The monoisotopic (exact) mass is 281 g/mol. The van der Waals surface area contributed by atoms with E-state index in [9.17, 15) is 14.7 Å². The summed E-state index contributed by atoms with van der Waals surface area (Å²) < 4.78 is 4.90. The summed E-state index contributed by atoms with van der Waals surface area (Å²) in [5, 5.41) is 10.7. The zero-order valence-electron chi connectivity index (χ0n) is 12.5. The first-order valence-electron chi connectivity index (χ1n) is 6.60. The third-order valence-electron chi connectivity index (χ3n) is 2.29. The summed E-state index contributed by atoms with van der Waals surface area (Å²) in [7, 11) is 0. The number of benzene rings is 1. The van der Waals surface area contributed by atoms with E-state index in [1.807, 2.05) is 0 Å². The van der Waals surface area contributed by atoms with Crippen molar-refractivity contribution in [3.8, 4) is 0 Å². The van der Waals surface area contributed by atoms with Crippen LogP contribution >= 0.6 is 0 Å². The first-order chi connectivity index (χ1) is 9.29. The fourth-order valence-corrected chi connectivity index (χ4v) is 1.12. The van der Waals surface area contributed by atoms with Crippen molar-refractivity contribution >= 4 is 11.9 Å². The van der Waals surface area contributed by atoms with Crippen LogP contribution in [0.5, 0.6) is 0 Å². The first kappa shape index (κ1) is 18.1. The van der Waals surface area contributed by atoms with Crippen LogP contribution in [0, 0.1) is 5.92 Å². The van der Waals surface area contributed by atoms with E-state index in [1.165, 1.54) is 18.2 Å². The standard InChI is InChI=1S/C11H12O4.C4H11N/c1-7(2)15-11(14)9-6-4-3-5-8(9)10(12)13;1-4(2)3-5/h3-7H,1-2H3,(H,12,13);4H,3,5H2,1-2H3. The second-order valence-corrected chi connectivity index (χ2v) is 4.97. The smallest absolute Gasteiger partial charge is 0.339 e. The van der Waals surface area contributed by atoms with Crippen molar-refractivity contribution in [3.63, 3.8) is 0 Å². The van der Waals surface area contributed by atoms with Crippen LogP contribution in [0.15, 0.2) is 24.3 Å². The van der Waals surface area contributed by atoms with Gasteiger partial charge in [0.25, 0.3) is 0 Å². The van der Waals surface area contributed by atoms with Crippen LogP contribution in [0.4, 0.5) is 0 Å². The van der Waals surface area contributed by atoms with E-state index < -0.39 is 11.9 Å². The van der Waals surface area contributed by atoms with E-state index in [1.54, 1.807) is 19.9 Å². The van der Waals surface area contributed by atoms with Crippen molar-refractivity contribution in [2.24, 2.45) is 5.92 Å². The lowest BCUT2D eigenvalue weighted by molar-refractivity contribution is -0.376. The second-order valence-electron chi connectivity index (χ2n) is 4.97. The highest BCUT2D eigenvalue weighted by molar-refractivity contribution is 6.01. The summed E-state index contributed by atoms with van der Waals surface area (Å²) in [5.74, 6) is -1.26. The number of hydrogen-bond acceptors (Lipinski definition) is 4. The molecule has 0 radical (unpaired) electrons. The predicted octanol–water partition coefficient (Wildman–Crippen LogP) is 0.500. The maximum atomic E-state index is 11.5. The lowest BCUT2D eigenvalue weighted by Gasteiger charge is -2.11. The van der Waals surface area contributed by atoms with E-state index in [2.05, 4.69) is 19.6 Å². The maximum absolute atomic E-state index is 11.5. The molecule has 1 aromatic carbocycles. The molecule has 1 aromatic rings. The SMILES string of the molecule is CC(C)C[NH3+].CC(C)OC(=O)c1ccccc1C(=O)[O-]. The van der Waals surface area contributed by atoms with Crippen molar-refractivity contribution in [3.05, 3.63) is 35.4 Å². The van der Waals surface area contributed by atoms with Gasteiger partial charge in [-0.05, 0) is 19.9 Å². The Morgan fingerprint density at radius 3 is 1.95 bits per heavy atom. The van der Waals surface area contributed by atoms with Crippen LogP contribution in [0.25, 0.3) is 0 Å². The van der Waals surface area contributed by atoms with E-state index in [4.69, 9.17) is 4.74 Å². The number of esters is 1. The topological polar surface area (TPSA) is 94.1 Å². The predicted molar refractivity (Wildman–Crippen MR) is 73.9 cm³/mol. The van der Waals surface area contributed by atoms with Gasteiger partial charge < -0.3 is 20.4 Å². The van der Waals surface area contributed by atoms with Crippen LogP contribution in [-0.4, -0.2) is 24.6 Å². The van der Waals surface area contributed by atoms with Gasteiger partial charge in [0.1, 0.15) is 0 Å². The number of rotatable bonds is 4. The quantitative estimate of drug-likeness (QED) is 0.813. The van der Waals surface area contributed by atoms with Crippen LogP contribution in [0.3, 0.4) is 0 Å². The largest absolute Gasteiger partial charge is 0.545 e. The number of ether oxygens (including phenoxy) is 1. The molecule has 0 aromatic heterocycles. The summed E-state index contributed by atoms with van der Waals surface area (Å²) in [4.78, 5) is 22.2. The molecule has 0 amide bonds. The zero-order valence-corrected chi connectivity index (χ0v) is 12.5. The van der Waals surface area contributed by atoms with Crippen molar-refractivity contribution in [2.75, 3.05) is 6.54 Å². The van der Waals surface area contributed by atoms with Crippen LogP contribution in [0.2, 0.25) is 0 Å². The van der Waals surface area contributed by atoms with E-state index in [0.29, 0.717) is 0 Å². The van der Waals surface area contributed by atoms with Gasteiger partial charge in [-0.15, -0.1) is 0 Å². The number of carbonyl (C=O) groups excluding carboxylic acids is 2. The van der Waals surface area contributed by atoms with E-state index >= 15 is 0 Å². The highest BCUT2D eigenvalue weighted by Gasteiger charge is 2.13. The number of carboxylic acid groups (broad SMARTS) is 1. The van der Waals surface area contributed by atoms with Gasteiger partial charge in [0.15, 0.2) is 0 Å². The minimum Gasteiger partial charge on any atom is -0.545 e. The van der Waals surface area contributed by atoms with E-state index in [0.717, 1.165) is 12.5 Å². The molecule has 5 nitrogen and oxygen atoms in total. The molecule has 0 bridgehead atoms. The molecule has 0 aliphatic rings. The molecule has 0 spiro atoms. The van der Waals surface area contributed by atoms with Crippen molar-refractivity contribution in [1.82, 2.24) is 0 Å². The molecule has 0 aliphatic heterocycles. The summed E-state index contributed by atoms with van der Waals surface area (Å²) in [6, 6.07) is 5.81. The van der Waals surface area contributed by atoms with Gasteiger partial charge >= 0.3 is 5.97 Å². The van der Waals surface area contributed by atoms with Gasteiger partial charge in [-0.3, -0.25) is 0 Å². The third kappa shape index (κ3) is 6.89. The molecule has 3 N–H and O–H groups in total. The van der Waals surface area contributed by atoms with Crippen LogP contribution in [0.1, 0.15) is 48.4 Å². The van der Waals surface area contributed by atoms with Gasteiger partial charge in [-0.1, -0.05) is 32.0 Å². The van der Waals surface area contributed by atoms with Gasteiger partial charge in [0.2, 0.25) is 0 Å². The van der Waals surface area contributed by atoms with E-state index in [-0.39, 0.29) is 17.2 Å². The molecule has 1 rings (SSSR count). The number of aromatic carboxylic acids is 1. The molecule has 0 unspecified atom stereocenters. The fourth-order valence-electron chi connectivity index (χ4n) is 1.12. The Kier molecular flexibility index (Phi) is 8.24. The normalized spacial score (nSPS) is 9.95. The highest BCUT2D eigenvalue weighted by Crippen LogP contribution is 2.10. The average Bonchev–Trinajstić information content (AvgIpc) is 2.38. The van der Waals surface area contributed by atoms with Crippen molar-refractivity contribution in [1.29, 1.82) is 0 Å². The van der Waals surface area contributed by atoms with Gasteiger partial charge in [-0.25, -0.2) is 4.79 Å². The van der Waals surface area contributed by atoms with Gasteiger partial charge in [0, 0.05) is 11.5 Å². The van der Waals surface area contributed by atoms with Crippen LogP contribution in [-0.2, 0) is 4.74 Å². The zero-order chi connectivity index (χ0) is 15.7. The molecule has 0 heterocycles. The number of carbonyl (C=O) groups is 2. The number of carboxylic acids is 1. The number of quaternary nitrogens is 1. The molecule has 0 saturated carbocycles. The molecule has 5 heteroatoms. The first-order valence-corrected chi connectivity index (χ1v) is 6.60. The average molecular weight is 281 g/mol. The highest BCUT2D eigenvalue weighted by atomic mass is 16.5. The Morgan fingerprint density at radius 1 is 1.15 bits per heavy atom. The molecular weight excluding hydrogens is 258 g/mol. The Bertz CT molecular complexity index is 441. The molecular formula is C15H23NO4. The van der Waals surface area contributed by atoms with Crippen LogP contribution < -0.4 is 10.8 Å². The lowest BCUT2D eigenvalue weighted by atomic mass is 10.1. The Hall–Kier alpha value is -1.88. The minimum atomic E-state index is -1.38. The fraction of sp³-hybridized carbons (Fsp3) is 0.467. The van der Waals surface area contributed by atoms with Crippen molar-refractivity contribution in [2.45, 2.75) is 33.8 Å². The molecule has 0 fully saturated rings. The second kappa shape index (κ2) is 9.09. The Labute approximate surface area is 119 Å². The van der Waals surface area contributed by atoms with Gasteiger partial charge in [0.05, 0.1) is 24.2 Å². The summed E-state index contributed by atoms with van der Waals surface area (Å²) in [6.45, 7) is 8.76. The summed E-state index contributed by atoms with van der Waals surface area (Å²) in [5.41, 5.74) is 3.55. The molecule has 0 aliphatic carbocycles. The third-order valence-corrected chi connectivity index (χ3v) is 2.29. The van der Waals surface area contributed by atoms with Crippen molar-refractivity contribution < 1.29 is 25.2 Å². The molecule has 112 valence electrons. The molecule has 0 atom stereocenters. The molecule has 20 heavy (non-hydrogen) atoms. The molecule has 0 saturated heterocycles. The maximum Gasteiger partial charge on any atom is 0.339 e. The summed E-state index contributed by atoms with van der Waals surface area (Å²) >= 11 is 0. The van der Waals surface area contributed by atoms with Gasteiger partial charge in [-0.2, -0.15) is 0 Å². The summed E-state index contributed by atoms with van der Waals surface area (Å²) in [6.07, 6.45) is -0.285. The lowest BCUT2D eigenvalue weighted by Crippen LogP contribution is -2.52. The minimum absolute atomic E-state index is 0.0196. The number of hydrogen-bond donors (Lipinski definition) is 1.